The minimum atomic E-state index is 0.0405. The monoisotopic (exact) mass is 184 g/mol. The summed E-state index contributed by atoms with van der Waals surface area (Å²) in [5.74, 6) is 0.146. The Morgan fingerprint density at radius 2 is 1.92 bits per heavy atom. The highest BCUT2D eigenvalue weighted by molar-refractivity contribution is 5.79. The fourth-order valence-corrected chi connectivity index (χ4v) is 2.18. The Bertz CT molecular complexity index is 168. The molecule has 0 unspecified atom stereocenters. The van der Waals surface area contributed by atoms with E-state index in [9.17, 15) is 4.79 Å². The van der Waals surface area contributed by atoms with Gasteiger partial charge in [0.2, 0.25) is 5.91 Å². The van der Waals surface area contributed by atoms with Gasteiger partial charge in [-0.3, -0.25) is 4.79 Å². The first kappa shape index (κ1) is 10.5. The molecule has 0 saturated carbocycles. The molecule has 0 aromatic carbocycles. The summed E-state index contributed by atoms with van der Waals surface area (Å²) in [4.78, 5) is 11.3. The van der Waals surface area contributed by atoms with Gasteiger partial charge in [0.25, 0.3) is 0 Å². The van der Waals surface area contributed by atoms with Gasteiger partial charge >= 0.3 is 0 Å². The molecule has 0 aliphatic carbocycles. The first-order chi connectivity index (χ1) is 6.22. The Labute approximate surface area is 80.3 Å². The molecule has 76 valence electrons. The van der Waals surface area contributed by atoms with Crippen LogP contribution in [0.4, 0.5) is 0 Å². The molecule has 0 radical (unpaired) electrons. The van der Waals surface area contributed by atoms with Crippen LogP contribution in [0.5, 0.6) is 0 Å². The molecule has 0 atom stereocenters. The van der Waals surface area contributed by atoms with E-state index in [1.54, 1.807) is 0 Å². The average Bonchev–Trinajstić information content (AvgIpc) is 2.04. The lowest BCUT2D eigenvalue weighted by Gasteiger charge is -2.38. The maximum absolute atomic E-state index is 11.3. The molecule has 1 saturated heterocycles. The highest BCUT2D eigenvalue weighted by Gasteiger charge is 2.32. The molecule has 1 heterocycles. The SMILES string of the molecule is CCCC1(CCC)CNCC(=O)N1. The number of nitrogens with one attached hydrogen (secondary N) is 2. The van der Waals surface area contributed by atoms with Gasteiger partial charge in [-0.1, -0.05) is 26.7 Å². The van der Waals surface area contributed by atoms with E-state index in [1.807, 2.05) is 0 Å². The quantitative estimate of drug-likeness (QED) is 0.685. The normalized spacial score (nSPS) is 21.2. The van der Waals surface area contributed by atoms with Gasteiger partial charge in [0.15, 0.2) is 0 Å². The lowest BCUT2D eigenvalue weighted by molar-refractivity contribution is -0.124. The summed E-state index contributed by atoms with van der Waals surface area (Å²) in [6.45, 7) is 5.74. The molecule has 0 spiro atoms. The Morgan fingerprint density at radius 1 is 1.31 bits per heavy atom. The van der Waals surface area contributed by atoms with Gasteiger partial charge in [0, 0.05) is 6.54 Å². The topological polar surface area (TPSA) is 41.1 Å². The first-order valence-corrected chi connectivity index (χ1v) is 5.24. The summed E-state index contributed by atoms with van der Waals surface area (Å²) in [7, 11) is 0. The van der Waals surface area contributed by atoms with Crippen molar-refractivity contribution in [3.05, 3.63) is 0 Å². The maximum Gasteiger partial charge on any atom is 0.234 e. The van der Waals surface area contributed by atoms with Crippen LogP contribution in [0, 0.1) is 0 Å². The number of hydrogen-bond donors (Lipinski definition) is 2. The Morgan fingerprint density at radius 3 is 2.38 bits per heavy atom. The van der Waals surface area contributed by atoms with E-state index in [2.05, 4.69) is 24.5 Å². The van der Waals surface area contributed by atoms with E-state index in [4.69, 9.17) is 0 Å². The number of carbonyl (C=O) groups excluding carboxylic acids is 1. The molecule has 3 nitrogen and oxygen atoms in total. The third-order valence-electron chi connectivity index (χ3n) is 2.61. The van der Waals surface area contributed by atoms with E-state index in [0.717, 1.165) is 32.2 Å². The van der Waals surface area contributed by atoms with E-state index in [-0.39, 0.29) is 11.4 Å². The van der Waals surface area contributed by atoms with Gasteiger partial charge in [-0.05, 0) is 12.8 Å². The van der Waals surface area contributed by atoms with Crippen molar-refractivity contribution in [3.63, 3.8) is 0 Å². The van der Waals surface area contributed by atoms with Crippen molar-refractivity contribution >= 4 is 5.91 Å². The van der Waals surface area contributed by atoms with Crippen LogP contribution in [0.3, 0.4) is 0 Å². The van der Waals surface area contributed by atoms with Crippen molar-refractivity contribution in [2.75, 3.05) is 13.1 Å². The first-order valence-electron chi connectivity index (χ1n) is 5.24. The van der Waals surface area contributed by atoms with Crippen molar-refractivity contribution in [2.45, 2.75) is 45.1 Å². The molecule has 0 bridgehead atoms. The van der Waals surface area contributed by atoms with Crippen molar-refractivity contribution in [2.24, 2.45) is 0 Å². The van der Waals surface area contributed by atoms with Crippen molar-refractivity contribution in [3.8, 4) is 0 Å². The van der Waals surface area contributed by atoms with Gasteiger partial charge in [0.1, 0.15) is 0 Å². The predicted molar refractivity (Wildman–Crippen MR) is 53.6 cm³/mol. The number of hydrogen-bond acceptors (Lipinski definition) is 2. The van der Waals surface area contributed by atoms with Gasteiger partial charge in [-0.25, -0.2) is 0 Å². The van der Waals surface area contributed by atoms with Crippen LogP contribution in [0.25, 0.3) is 0 Å². The molecule has 0 aromatic rings. The van der Waals surface area contributed by atoms with E-state index in [0.29, 0.717) is 6.54 Å². The smallest absolute Gasteiger partial charge is 0.234 e. The number of carbonyl (C=O) groups is 1. The van der Waals surface area contributed by atoms with Gasteiger partial charge in [-0.15, -0.1) is 0 Å². The molecule has 0 aromatic heterocycles. The third kappa shape index (κ3) is 2.69. The highest BCUT2D eigenvalue weighted by atomic mass is 16.2. The minimum Gasteiger partial charge on any atom is -0.348 e. The van der Waals surface area contributed by atoms with Crippen LogP contribution in [-0.4, -0.2) is 24.5 Å². The summed E-state index contributed by atoms with van der Waals surface area (Å²) in [5.41, 5.74) is 0.0405. The molecular weight excluding hydrogens is 164 g/mol. The highest BCUT2D eigenvalue weighted by Crippen LogP contribution is 2.20. The number of piperazine rings is 1. The van der Waals surface area contributed by atoms with Crippen LogP contribution in [0.2, 0.25) is 0 Å². The zero-order valence-corrected chi connectivity index (χ0v) is 8.65. The van der Waals surface area contributed by atoms with Crippen molar-refractivity contribution < 1.29 is 4.79 Å². The zero-order chi connectivity index (χ0) is 9.73. The van der Waals surface area contributed by atoms with Crippen molar-refractivity contribution in [1.29, 1.82) is 0 Å². The van der Waals surface area contributed by atoms with Crippen molar-refractivity contribution in [1.82, 2.24) is 10.6 Å². The molecule has 1 amide bonds. The molecular formula is C10H20N2O. The minimum absolute atomic E-state index is 0.0405. The molecule has 2 N–H and O–H groups in total. The zero-order valence-electron chi connectivity index (χ0n) is 8.65. The van der Waals surface area contributed by atoms with Gasteiger partial charge in [0.05, 0.1) is 12.1 Å². The second-order valence-corrected chi connectivity index (χ2v) is 3.93. The Hall–Kier alpha value is -0.570. The molecule has 1 aliphatic rings. The fourth-order valence-electron chi connectivity index (χ4n) is 2.18. The molecule has 1 rings (SSSR count). The molecule has 13 heavy (non-hydrogen) atoms. The summed E-state index contributed by atoms with van der Waals surface area (Å²) in [6.07, 6.45) is 4.42. The van der Waals surface area contributed by atoms with E-state index < -0.39 is 0 Å². The van der Waals surface area contributed by atoms with Crippen LogP contribution in [0.1, 0.15) is 39.5 Å². The largest absolute Gasteiger partial charge is 0.348 e. The second-order valence-electron chi connectivity index (χ2n) is 3.93. The molecule has 1 fully saturated rings. The molecule has 1 aliphatic heterocycles. The van der Waals surface area contributed by atoms with Crippen LogP contribution in [-0.2, 0) is 4.79 Å². The molecule has 3 heteroatoms. The Kier molecular flexibility index (Phi) is 3.72. The lowest BCUT2D eigenvalue weighted by atomic mass is 9.87. The fraction of sp³-hybridized carbons (Fsp3) is 0.900. The average molecular weight is 184 g/mol. The second kappa shape index (κ2) is 4.61. The van der Waals surface area contributed by atoms with Gasteiger partial charge < -0.3 is 10.6 Å². The van der Waals surface area contributed by atoms with Crippen LogP contribution < -0.4 is 10.6 Å². The Balaban J connectivity index is 2.58. The number of rotatable bonds is 4. The standard InChI is InChI=1S/C10H20N2O/c1-3-5-10(6-4-2)8-11-7-9(13)12-10/h11H,3-8H2,1-2H3,(H,12,13). The lowest BCUT2D eigenvalue weighted by Crippen LogP contribution is -2.61. The van der Waals surface area contributed by atoms with E-state index in [1.165, 1.54) is 0 Å². The number of amides is 1. The van der Waals surface area contributed by atoms with Crippen LogP contribution in [0.15, 0.2) is 0 Å². The summed E-state index contributed by atoms with van der Waals surface area (Å²) in [6, 6.07) is 0. The van der Waals surface area contributed by atoms with E-state index >= 15 is 0 Å². The summed E-state index contributed by atoms with van der Waals surface area (Å²) in [5, 5.41) is 6.31. The maximum atomic E-state index is 11.3. The van der Waals surface area contributed by atoms with Crippen LogP contribution >= 0.6 is 0 Å². The third-order valence-corrected chi connectivity index (χ3v) is 2.61. The summed E-state index contributed by atoms with van der Waals surface area (Å²) < 4.78 is 0. The predicted octanol–water partition coefficient (Wildman–Crippen LogP) is 1.04. The summed E-state index contributed by atoms with van der Waals surface area (Å²) >= 11 is 0. The van der Waals surface area contributed by atoms with Gasteiger partial charge in [-0.2, -0.15) is 0 Å².